The van der Waals surface area contributed by atoms with Gasteiger partial charge in [0.2, 0.25) is 0 Å². The van der Waals surface area contributed by atoms with E-state index in [0.717, 1.165) is 28.2 Å². The van der Waals surface area contributed by atoms with Crippen molar-refractivity contribution < 1.29 is 0 Å². The minimum Gasteiger partial charge on any atom is -0.378 e. The van der Waals surface area contributed by atoms with Crippen molar-refractivity contribution >= 4 is 16.6 Å². The molecule has 0 aliphatic rings. The number of hydrogen-bond acceptors (Lipinski definition) is 3. The number of rotatable bonds is 3. The first-order chi connectivity index (χ1) is 13.8. The van der Waals surface area contributed by atoms with E-state index < -0.39 is 0 Å². The van der Waals surface area contributed by atoms with Crippen molar-refractivity contribution in [2.75, 3.05) is 19.0 Å². The van der Waals surface area contributed by atoms with Gasteiger partial charge in [0.1, 0.15) is 0 Å². The Balaban J connectivity index is 2.11. The number of benzene rings is 2. The van der Waals surface area contributed by atoms with Gasteiger partial charge in [-0.25, -0.2) is 4.79 Å². The molecule has 148 valence electrons. The van der Waals surface area contributed by atoms with E-state index in [1.165, 1.54) is 16.2 Å². The third-order valence-corrected chi connectivity index (χ3v) is 5.41. The Labute approximate surface area is 168 Å². The predicted molar refractivity (Wildman–Crippen MR) is 118 cm³/mol. The van der Waals surface area contributed by atoms with E-state index in [-0.39, 0.29) is 11.2 Å². The van der Waals surface area contributed by atoms with E-state index in [9.17, 15) is 9.59 Å². The fourth-order valence-electron chi connectivity index (χ4n) is 3.65. The summed E-state index contributed by atoms with van der Waals surface area (Å²) in [5.74, 6) is 0. The summed E-state index contributed by atoms with van der Waals surface area (Å²) in [7, 11) is 7.21. The lowest BCUT2D eigenvalue weighted by atomic mass is 10.1. The molecule has 2 aromatic carbocycles. The average Bonchev–Trinajstić information content (AvgIpc) is 3.12. The lowest BCUT2D eigenvalue weighted by Gasteiger charge is -2.14. The molecule has 2 heterocycles. The van der Waals surface area contributed by atoms with Gasteiger partial charge in [0.05, 0.1) is 16.6 Å². The summed E-state index contributed by atoms with van der Waals surface area (Å²) >= 11 is 0. The Hall–Kier alpha value is -3.54. The molecule has 0 N–H and O–H groups in total. The van der Waals surface area contributed by atoms with Gasteiger partial charge in [-0.3, -0.25) is 13.9 Å². The fourth-order valence-corrected chi connectivity index (χ4v) is 3.65. The molecule has 0 saturated heterocycles. The van der Waals surface area contributed by atoms with Gasteiger partial charge in [-0.2, -0.15) is 0 Å². The topological polar surface area (TPSA) is 52.2 Å². The third kappa shape index (κ3) is 2.97. The number of aryl methyl sites for hydroxylation is 2. The molecule has 0 bridgehead atoms. The quantitative estimate of drug-likeness (QED) is 0.542. The summed E-state index contributed by atoms with van der Waals surface area (Å²) in [5.41, 5.74) is 4.87. The van der Waals surface area contributed by atoms with Crippen molar-refractivity contribution in [2.24, 2.45) is 14.1 Å². The van der Waals surface area contributed by atoms with Gasteiger partial charge < -0.3 is 9.47 Å². The van der Waals surface area contributed by atoms with E-state index in [2.05, 4.69) is 0 Å². The van der Waals surface area contributed by atoms with Gasteiger partial charge in [-0.15, -0.1) is 0 Å². The van der Waals surface area contributed by atoms with Gasteiger partial charge in [0, 0.05) is 45.8 Å². The number of anilines is 1. The number of hydrogen-bond donors (Lipinski definition) is 0. The normalized spacial score (nSPS) is 11.2. The molecule has 0 saturated carbocycles. The largest absolute Gasteiger partial charge is 0.378 e. The maximum Gasteiger partial charge on any atom is 0.330 e. The highest BCUT2D eigenvalue weighted by Crippen LogP contribution is 2.31. The van der Waals surface area contributed by atoms with Gasteiger partial charge in [-0.1, -0.05) is 29.8 Å². The van der Waals surface area contributed by atoms with Gasteiger partial charge >= 0.3 is 5.69 Å². The predicted octanol–water partition coefficient (Wildman–Crippen LogP) is 3.07. The van der Waals surface area contributed by atoms with Crippen molar-refractivity contribution in [3.63, 3.8) is 0 Å². The molecule has 6 nitrogen and oxygen atoms in total. The zero-order valence-electron chi connectivity index (χ0n) is 17.3. The van der Waals surface area contributed by atoms with E-state index in [0.29, 0.717) is 10.9 Å². The third-order valence-electron chi connectivity index (χ3n) is 5.41. The first-order valence-corrected chi connectivity index (χ1v) is 9.45. The maximum absolute atomic E-state index is 13.1. The highest BCUT2D eigenvalue weighted by atomic mass is 16.2. The minimum absolute atomic E-state index is 0.290. The Morgan fingerprint density at radius 2 is 1.45 bits per heavy atom. The minimum atomic E-state index is -0.335. The monoisotopic (exact) mass is 388 g/mol. The Bertz CT molecular complexity index is 1320. The second-order valence-corrected chi connectivity index (χ2v) is 7.59. The Kier molecular flexibility index (Phi) is 4.42. The zero-order valence-corrected chi connectivity index (χ0v) is 17.3. The molecule has 0 radical (unpaired) electrons. The van der Waals surface area contributed by atoms with Crippen molar-refractivity contribution in [3.05, 3.63) is 81.1 Å². The molecule has 0 aliphatic carbocycles. The molecular weight excluding hydrogens is 364 g/mol. The molecule has 0 spiro atoms. The molecule has 4 rings (SSSR count). The molecule has 2 aromatic heterocycles. The zero-order chi connectivity index (χ0) is 20.9. The highest BCUT2D eigenvalue weighted by Gasteiger charge is 2.20. The van der Waals surface area contributed by atoms with Crippen LogP contribution < -0.4 is 16.1 Å². The van der Waals surface area contributed by atoms with Crippen molar-refractivity contribution in [1.82, 2.24) is 13.7 Å². The summed E-state index contributed by atoms with van der Waals surface area (Å²) in [4.78, 5) is 27.6. The van der Waals surface area contributed by atoms with Crippen LogP contribution in [0.5, 0.6) is 0 Å². The molecule has 0 aliphatic heterocycles. The second-order valence-electron chi connectivity index (χ2n) is 7.59. The molecule has 6 heteroatoms. The van der Waals surface area contributed by atoms with Crippen molar-refractivity contribution in [3.8, 4) is 16.9 Å². The fraction of sp³-hybridized carbons (Fsp3) is 0.217. The van der Waals surface area contributed by atoms with Gasteiger partial charge in [0.15, 0.2) is 0 Å². The van der Waals surface area contributed by atoms with E-state index in [4.69, 9.17) is 0 Å². The number of aromatic nitrogens is 3. The molecule has 0 unspecified atom stereocenters. The van der Waals surface area contributed by atoms with Crippen LogP contribution in [0.25, 0.3) is 27.8 Å². The smallest absolute Gasteiger partial charge is 0.330 e. The van der Waals surface area contributed by atoms with Crippen LogP contribution >= 0.6 is 0 Å². The summed E-state index contributed by atoms with van der Waals surface area (Å²) < 4.78 is 4.69. The van der Waals surface area contributed by atoms with Crippen LogP contribution in [0, 0.1) is 6.92 Å². The lowest BCUT2D eigenvalue weighted by Crippen LogP contribution is -2.36. The lowest BCUT2D eigenvalue weighted by molar-refractivity contribution is 0.714. The van der Waals surface area contributed by atoms with Crippen LogP contribution in [-0.2, 0) is 14.1 Å². The van der Waals surface area contributed by atoms with Crippen LogP contribution in [0.15, 0.2) is 64.3 Å². The van der Waals surface area contributed by atoms with E-state index in [1.807, 2.05) is 85.2 Å². The molecular formula is C23H24N4O2. The van der Waals surface area contributed by atoms with Crippen LogP contribution in [0.1, 0.15) is 5.56 Å². The average molecular weight is 388 g/mol. The van der Waals surface area contributed by atoms with Crippen molar-refractivity contribution in [2.45, 2.75) is 6.92 Å². The number of nitrogens with zero attached hydrogens (tertiary/aromatic N) is 4. The van der Waals surface area contributed by atoms with Crippen LogP contribution in [0.2, 0.25) is 0 Å². The standard InChI is InChI=1S/C23H24N4O2/c1-15-6-8-16(9-7-15)21-20-19(25(4)23(29)26(5)22(20)28)14-27(21)18-12-10-17(11-13-18)24(2)3/h6-14H,1-5H3. The van der Waals surface area contributed by atoms with Gasteiger partial charge in [-0.05, 0) is 36.8 Å². The van der Waals surface area contributed by atoms with Gasteiger partial charge in [0.25, 0.3) is 5.56 Å². The molecule has 0 fully saturated rings. The molecule has 4 aromatic rings. The summed E-state index contributed by atoms with van der Waals surface area (Å²) in [5, 5.41) is 0.537. The summed E-state index contributed by atoms with van der Waals surface area (Å²) in [6.07, 6.45) is 1.87. The van der Waals surface area contributed by atoms with E-state index >= 15 is 0 Å². The van der Waals surface area contributed by atoms with Crippen LogP contribution in [0.3, 0.4) is 0 Å². The molecule has 0 amide bonds. The first kappa shape index (κ1) is 18.8. The molecule has 0 atom stereocenters. The summed E-state index contributed by atoms with van der Waals surface area (Å²) in [6, 6.07) is 16.2. The first-order valence-electron chi connectivity index (χ1n) is 9.45. The van der Waals surface area contributed by atoms with E-state index in [1.54, 1.807) is 7.05 Å². The Morgan fingerprint density at radius 1 is 0.828 bits per heavy atom. The summed E-state index contributed by atoms with van der Waals surface area (Å²) in [6.45, 7) is 2.03. The number of fused-ring (bicyclic) bond motifs is 1. The van der Waals surface area contributed by atoms with Crippen LogP contribution in [0.4, 0.5) is 5.69 Å². The maximum atomic E-state index is 13.1. The second kappa shape index (κ2) is 6.81. The molecule has 29 heavy (non-hydrogen) atoms. The highest BCUT2D eigenvalue weighted by molar-refractivity contribution is 5.94. The SMILES string of the molecule is Cc1ccc(-c2c3c(=O)n(C)c(=O)n(C)c3cn2-c2ccc(N(C)C)cc2)cc1. The van der Waals surface area contributed by atoms with Crippen LogP contribution in [-0.4, -0.2) is 27.8 Å². The van der Waals surface area contributed by atoms with Crippen molar-refractivity contribution in [1.29, 1.82) is 0 Å². The Morgan fingerprint density at radius 3 is 2.03 bits per heavy atom.